The number of piperazine rings is 1. The fourth-order valence-corrected chi connectivity index (χ4v) is 3.90. The van der Waals surface area contributed by atoms with Gasteiger partial charge in [0.15, 0.2) is 0 Å². The number of rotatable bonds is 6. The first-order valence-corrected chi connectivity index (χ1v) is 9.84. The normalized spacial score (nSPS) is 17.9. The van der Waals surface area contributed by atoms with Crippen molar-refractivity contribution in [2.45, 2.75) is 13.0 Å². The molecule has 0 spiro atoms. The number of anilines is 3. The van der Waals surface area contributed by atoms with Crippen molar-refractivity contribution >= 4 is 33.1 Å². The van der Waals surface area contributed by atoms with Gasteiger partial charge in [0.05, 0.1) is 18.5 Å². The van der Waals surface area contributed by atoms with Crippen molar-refractivity contribution in [3.8, 4) is 0 Å². The zero-order valence-corrected chi connectivity index (χ0v) is 17.6. The number of halogens is 1. The van der Waals surface area contributed by atoms with Gasteiger partial charge in [-0.3, -0.25) is 9.69 Å². The summed E-state index contributed by atoms with van der Waals surface area (Å²) in [6, 6.07) is 6.14. The topological polar surface area (TPSA) is 62.6 Å². The molecule has 0 aromatic carbocycles. The van der Waals surface area contributed by atoms with Gasteiger partial charge in [0.2, 0.25) is 0 Å². The molecule has 0 aliphatic carbocycles. The van der Waals surface area contributed by atoms with Crippen LogP contribution in [0.25, 0.3) is 0 Å². The van der Waals surface area contributed by atoms with Crippen LogP contribution < -0.4 is 15.8 Å². The number of pyridine rings is 2. The maximum absolute atomic E-state index is 12.2. The van der Waals surface area contributed by atoms with Gasteiger partial charge in [-0.25, -0.2) is 4.98 Å². The summed E-state index contributed by atoms with van der Waals surface area (Å²) in [5.41, 5.74) is 1.50. The Hall–Kier alpha value is -1.90. The molecule has 1 N–H and O–H groups in total. The van der Waals surface area contributed by atoms with Crippen LogP contribution in [-0.2, 0) is 11.8 Å². The molecule has 1 fully saturated rings. The monoisotopic (exact) mass is 435 g/mol. The molecule has 1 aliphatic rings. The van der Waals surface area contributed by atoms with Crippen molar-refractivity contribution in [1.82, 2.24) is 14.5 Å². The van der Waals surface area contributed by atoms with Gasteiger partial charge in [0, 0.05) is 57.0 Å². The SMILES string of the molecule is COCCN1CCN(c2ccc(Nc3cc(Br)cn(C)c3=O)nc2)C(C)C1. The van der Waals surface area contributed by atoms with E-state index in [1.807, 2.05) is 12.3 Å². The lowest BCUT2D eigenvalue weighted by Gasteiger charge is -2.41. The molecule has 1 atom stereocenters. The maximum Gasteiger partial charge on any atom is 0.274 e. The first-order valence-electron chi connectivity index (χ1n) is 9.05. The van der Waals surface area contributed by atoms with Crippen molar-refractivity contribution in [3.05, 3.63) is 45.4 Å². The summed E-state index contributed by atoms with van der Waals surface area (Å²) < 4.78 is 7.55. The van der Waals surface area contributed by atoms with Crippen molar-refractivity contribution in [1.29, 1.82) is 0 Å². The quantitative estimate of drug-likeness (QED) is 0.751. The third-order valence-corrected chi connectivity index (χ3v) is 5.25. The molecular weight excluding hydrogens is 410 g/mol. The average Bonchev–Trinajstić information content (AvgIpc) is 2.65. The Morgan fingerprint density at radius 3 is 2.85 bits per heavy atom. The van der Waals surface area contributed by atoms with E-state index in [-0.39, 0.29) is 5.56 Å². The first-order chi connectivity index (χ1) is 13.0. The second kappa shape index (κ2) is 8.86. The van der Waals surface area contributed by atoms with Gasteiger partial charge in [0.25, 0.3) is 5.56 Å². The molecule has 3 heterocycles. The van der Waals surface area contributed by atoms with E-state index in [1.54, 1.807) is 26.4 Å². The molecule has 2 aromatic rings. The van der Waals surface area contributed by atoms with E-state index < -0.39 is 0 Å². The van der Waals surface area contributed by atoms with Crippen molar-refractivity contribution in [2.24, 2.45) is 7.05 Å². The summed E-state index contributed by atoms with van der Waals surface area (Å²) in [5, 5.41) is 3.11. The van der Waals surface area contributed by atoms with Crippen molar-refractivity contribution in [3.63, 3.8) is 0 Å². The van der Waals surface area contributed by atoms with E-state index in [2.05, 4.69) is 49.0 Å². The molecule has 7 nitrogen and oxygen atoms in total. The molecule has 0 amide bonds. The number of nitrogens with zero attached hydrogens (tertiary/aromatic N) is 4. The van der Waals surface area contributed by atoms with E-state index in [9.17, 15) is 4.79 Å². The minimum Gasteiger partial charge on any atom is -0.383 e. The van der Waals surface area contributed by atoms with Crippen LogP contribution in [0, 0.1) is 0 Å². The van der Waals surface area contributed by atoms with Gasteiger partial charge in [-0.05, 0) is 41.1 Å². The number of ether oxygens (including phenoxy) is 1. The van der Waals surface area contributed by atoms with Crippen LogP contribution in [0.1, 0.15) is 6.92 Å². The molecular formula is C19H26BrN5O2. The lowest BCUT2D eigenvalue weighted by molar-refractivity contribution is 0.136. The molecule has 27 heavy (non-hydrogen) atoms. The number of aryl methyl sites for hydroxylation is 1. The highest BCUT2D eigenvalue weighted by Gasteiger charge is 2.23. The summed E-state index contributed by atoms with van der Waals surface area (Å²) in [6.45, 7) is 6.96. The summed E-state index contributed by atoms with van der Waals surface area (Å²) >= 11 is 3.41. The van der Waals surface area contributed by atoms with Gasteiger partial charge >= 0.3 is 0 Å². The zero-order valence-electron chi connectivity index (χ0n) is 16.0. The van der Waals surface area contributed by atoms with E-state index in [0.717, 1.165) is 42.9 Å². The van der Waals surface area contributed by atoms with Crippen molar-refractivity contribution < 1.29 is 4.74 Å². The van der Waals surface area contributed by atoms with Gasteiger partial charge in [0.1, 0.15) is 11.5 Å². The molecule has 0 bridgehead atoms. The number of hydrogen-bond acceptors (Lipinski definition) is 6. The standard InChI is InChI=1S/C19H26BrN5O2/c1-14-12-24(8-9-27-3)6-7-25(14)16-4-5-18(21-11-16)22-17-10-15(20)13-23(2)19(17)26/h4-5,10-11,13-14H,6-9,12H2,1-3H3,(H,21,22). The molecule has 1 aliphatic heterocycles. The Morgan fingerprint density at radius 1 is 1.37 bits per heavy atom. The Kier molecular flexibility index (Phi) is 6.51. The lowest BCUT2D eigenvalue weighted by Crippen LogP contribution is -2.52. The second-order valence-corrected chi connectivity index (χ2v) is 7.77. The predicted octanol–water partition coefficient (Wildman–Crippen LogP) is 2.44. The molecule has 1 unspecified atom stereocenters. The summed E-state index contributed by atoms with van der Waals surface area (Å²) in [4.78, 5) is 21.5. The summed E-state index contributed by atoms with van der Waals surface area (Å²) in [6.07, 6.45) is 3.60. The van der Waals surface area contributed by atoms with E-state index in [1.165, 1.54) is 4.57 Å². The lowest BCUT2D eigenvalue weighted by atomic mass is 10.1. The van der Waals surface area contributed by atoms with Crippen LogP contribution in [0.15, 0.2) is 39.9 Å². The van der Waals surface area contributed by atoms with Crippen LogP contribution in [0.5, 0.6) is 0 Å². The fraction of sp³-hybridized carbons (Fsp3) is 0.474. The molecule has 8 heteroatoms. The molecule has 2 aromatic heterocycles. The summed E-state index contributed by atoms with van der Waals surface area (Å²) in [5.74, 6) is 0.653. The predicted molar refractivity (Wildman–Crippen MR) is 112 cm³/mol. The average molecular weight is 436 g/mol. The maximum atomic E-state index is 12.2. The smallest absolute Gasteiger partial charge is 0.274 e. The molecule has 0 saturated carbocycles. The molecule has 3 rings (SSSR count). The van der Waals surface area contributed by atoms with Gasteiger partial charge < -0.3 is 19.5 Å². The van der Waals surface area contributed by atoms with Crippen LogP contribution in [-0.4, -0.2) is 60.4 Å². The van der Waals surface area contributed by atoms with Crippen LogP contribution in [0.3, 0.4) is 0 Å². The van der Waals surface area contributed by atoms with Crippen molar-refractivity contribution in [2.75, 3.05) is 50.1 Å². The number of hydrogen-bond donors (Lipinski definition) is 1. The first kappa shape index (κ1) is 19.9. The van der Waals surface area contributed by atoms with Crippen LogP contribution in [0.2, 0.25) is 0 Å². The van der Waals surface area contributed by atoms with Crippen LogP contribution in [0.4, 0.5) is 17.2 Å². The van der Waals surface area contributed by atoms with E-state index in [0.29, 0.717) is 17.5 Å². The largest absolute Gasteiger partial charge is 0.383 e. The molecule has 146 valence electrons. The number of nitrogens with one attached hydrogen (secondary N) is 1. The van der Waals surface area contributed by atoms with E-state index in [4.69, 9.17) is 4.74 Å². The summed E-state index contributed by atoms with van der Waals surface area (Å²) in [7, 11) is 3.47. The third-order valence-electron chi connectivity index (χ3n) is 4.82. The minimum absolute atomic E-state index is 0.0927. The fourth-order valence-electron chi connectivity index (χ4n) is 3.37. The van der Waals surface area contributed by atoms with Gasteiger partial charge in [-0.15, -0.1) is 0 Å². The van der Waals surface area contributed by atoms with E-state index >= 15 is 0 Å². The van der Waals surface area contributed by atoms with Crippen LogP contribution >= 0.6 is 15.9 Å². The zero-order chi connectivity index (χ0) is 19.4. The minimum atomic E-state index is -0.0927. The Morgan fingerprint density at radius 2 is 2.19 bits per heavy atom. The van der Waals surface area contributed by atoms with Gasteiger partial charge in [-0.2, -0.15) is 0 Å². The highest BCUT2D eigenvalue weighted by molar-refractivity contribution is 9.10. The number of aromatic nitrogens is 2. The Bertz CT molecular complexity index is 824. The van der Waals surface area contributed by atoms with Gasteiger partial charge in [-0.1, -0.05) is 0 Å². The Balaban J connectivity index is 1.67. The third kappa shape index (κ3) is 4.88. The molecule has 0 radical (unpaired) electrons. The molecule has 1 saturated heterocycles. The Labute approximate surface area is 168 Å². The number of methoxy groups -OCH3 is 1. The second-order valence-electron chi connectivity index (χ2n) is 6.85. The highest BCUT2D eigenvalue weighted by Crippen LogP contribution is 2.22. The highest BCUT2D eigenvalue weighted by atomic mass is 79.9.